The molecule has 0 aliphatic rings. The molecular formula is C16H17N3O4S. The maximum atomic E-state index is 12.3. The quantitative estimate of drug-likeness (QED) is 0.570. The maximum Gasteiger partial charge on any atom is 0.330 e. The topological polar surface area (TPSA) is 101 Å². The SMILES string of the molecule is COC(=O)[C@H](CO)NC(=O)c1nccnc1SCc1ccccc1. The Labute approximate surface area is 143 Å². The minimum Gasteiger partial charge on any atom is -0.467 e. The molecule has 24 heavy (non-hydrogen) atoms. The van der Waals surface area contributed by atoms with E-state index >= 15 is 0 Å². The van der Waals surface area contributed by atoms with Crippen molar-refractivity contribution in [3.8, 4) is 0 Å². The lowest BCUT2D eigenvalue weighted by Crippen LogP contribution is -2.44. The van der Waals surface area contributed by atoms with E-state index < -0.39 is 24.5 Å². The largest absolute Gasteiger partial charge is 0.467 e. The van der Waals surface area contributed by atoms with Crippen LogP contribution in [0.4, 0.5) is 0 Å². The normalized spacial score (nSPS) is 11.6. The first kappa shape index (κ1) is 17.9. The second-order valence-corrected chi connectivity index (χ2v) is 5.68. The molecule has 0 fully saturated rings. The Hall–Kier alpha value is -2.45. The van der Waals surface area contributed by atoms with Crippen molar-refractivity contribution in [3.05, 3.63) is 54.0 Å². The zero-order valence-corrected chi connectivity index (χ0v) is 13.8. The summed E-state index contributed by atoms with van der Waals surface area (Å²) in [5.41, 5.74) is 1.18. The molecule has 0 radical (unpaired) electrons. The second-order valence-electron chi connectivity index (χ2n) is 4.72. The van der Waals surface area contributed by atoms with E-state index in [9.17, 15) is 14.7 Å². The van der Waals surface area contributed by atoms with Crippen molar-refractivity contribution in [1.29, 1.82) is 0 Å². The van der Waals surface area contributed by atoms with Crippen LogP contribution in [0.25, 0.3) is 0 Å². The van der Waals surface area contributed by atoms with Crippen LogP contribution in [-0.2, 0) is 15.3 Å². The highest BCUT2D eigenvalue weighted by Crippen LogP contribution is 2.22. The van der Waals surface area contributed by atoms with Crippen molar-refractivity contribution in [2.45, 2.75) is 16.8 Å². The predicted molar refractivity (Wildman–Crippen MR) is 88.4 cm³/mol. The molecule has 126 valence electrons. The summed E-state index contributed by atoms with van der Waals surface area (Å²) in [5.74, 6) is -0.698. The van der Waals surface area contributed by atoms with Gasteiger partial charge in [0.15, 0.2) is 11.7 Å². The van der Waals surface area contributed by atoms with Gasteiger partial charge in [-0.2, -0.15) is 0 Å². The van der Waals surface area contributed by atoms with Crippen LogP contribution in [0.2, 0.25) is 0 Å². The van der Waals surface area contributed by atoms with E-state index in [-0.39, 0.29) is 5.69 Å². The third kappa shape index (κ3) is 4.77. The molecule has 2 rings (SSSR count). The molecule has 1 heterocycles. The van der Waals surface area contributed by atoms with Crippen molar-refractivity contribution >= 4 is 23.6 Å². The Morgan fingerprint density at radius 1 is 1.25 bits per heavy atom. The Morgan fingerprint density at radius 2 is 1.96 bits per heavy atom. The van der Waals surface area contributed by atoms with Crippen LogP contribution in [0, 0.1) is 0 Å². The van der Waals surface area contributed by atoms with E-state index in [2.05, 4.69) is 20.0 Å². The van der Waals surface area contributed by atoms with Gasteiger partial charge in [0.05, 0.1) is 13.7 Å². The summed E-state index contributed by atoms with van der Waals surface area (Å²) in [5, 5.41) is 12.0. The van der Waals surface area contributed by atoms with Gasteiger partial charge in [-0.05, 0) is 5.56 Å². The maximum absolute atomic E-state index is 12.3. The van der Waals surface area contributed by atoms with Gasteiger partial charge < -0.3 is 15.2 Å². The molecule has 0 saturated heterocycles. The second kappa shape index (κ2) is 8.99. The van der Waals surface area contributed by atoms with E-state index in [1.165, 1.54) is 31.3 Å². The molecule has 0 saturated carbocycles. The fraction of sp³-hybridized carbons (Fsp3) is 0.250. The number of methoxy groups -OCH3 is 1. The number of carbonyl (C=O) groups excluding carboxylic acids is 2. The summed E-state index contributed by atoms with van der Waals surface area (Å²) in [7, 11) is 1.18. The summed E-state index contributed by atoms with van der Waals surface area (Å²) in [6.45, 7) is -0.564. The standard InChI is InChI=1S/C16H17N3O4S/c1-23-16(22)12(9-20)19-14(21)13-15(18-8-7-17-13)24-10-11-5-3-2-4-6-11/h2-8,12,20H,9-10H2,1H3,(H,19,21)/t12-/m0/s1. The van der Waals surface area contributed by atoms with Crippen molar-refractivity contribution in [3.63, 3.8) is 0 Å². The van der Waals surface area contributed by atoms with Gasteiger partial charge in [0.1, 0.15) is 5.03 Å². The number of carbonyl (C=O) groups is 2. The monoisotopic (exact) mass is 347 g/mol. The van der Waals surface area contributed by atoms with Crippen molar-refractivity contribution in [2.24, 2.45) is 0 Å². The first-order valence-corrected chi connectivity index (χ1v) is 8.11. The molecule has 2 aromatic rings. The molecule has 0 unspecified atom stereocenters. The smallest absolute Gasteiger partial charge is 0.330 e. The van der Waals surface area contributed by atoms with Crippen LogP contribution >= 0.6 is 11.8 Å². The van der Waals surface area contributed by atoms with Gasteiger partial charge in [-0.1, -0.05) is 42.1 Å². The molecule has 1 atom stereocenters. The van der Waals surface area contributed by atoms with E-state index in [0.29, 0.717) is 10.8 Å². The van der Waals surface area contributed by atoms with E-state index in [4.69, 9.17) is 0 Å². The average molecular weight is 347 g/mol. The highest BCUT2D eigenvalue weighted by molar-refractivity contribution is 7.98. The number of rotatable bonds is 7. The number of amides is 1. The molecule has 1 aromatic heterocycles. The van der Waals surface area contributed by atoms with Crippen LogP contribution in [0.1, 0.15) is 16.1 Å². The summed E-state index contributed by atoms with van der Waals surface area (Å²) in [6.07, 6.45) is 2.89. The minimum atomic E-state index is -1.14. The van der Waals surface area contributed by atoms with E-state index in [1.807, 2.05) is 30.3 Å². The average Bonchev–Trinajstić information content (AvgIpc) is 2.64. The van der Waals surface area contributed by atoms with Crippen LogP contribution in [0.3, 0.4) is 0 Å². The van der Waals surface area contributed by atoms with Gasteiger partial charge >= 0.3 is 5.97 Å². The van der Waals surface area contributed by atoms with Gasteiger partial charge in [0.25, 0.3) is 5.91 Å². The van der Waals surface area contributed by atoms with Crippen LogP contribution in [0.15, 0.2) is 47.8 Å². The van der Waals surface area contributed by atoms with E-state index in [1.54, 1.807) is 0 Å². The summed E-state index contributed by atoms with van der Waals surface area (Å²) < 4.78 is 4.52. The molecular weight excluding hydrogens is 330 g/mol. The molecule has 0 aliphatic heterocycles. The number of nitrogens with zero attached hydrogens (tertiary/aromatic N) is 2. The lowest BCUT2D eigenvalue weighted by Gasteiger charge is -2.14. The third-order valence-electron chi connectivity index (χ3n) is 3.07. The van der Waals surface area contributed by atoms with Gasteiger partial charge in [0.2, 0.25) is 0 Å². The van der Waals surface area contributed by atoms with Crippen molar-refractivity contribution in [1.82, 2.24) is 15.3 Å². The predicted octanol–water partition coefficient (Wildman–Crippen LogP) is 1.03. The lowest BCUT2D eigenvalue weighted by molar-refractivity contribution is -0.143. The fourth-order valence-corrected chi connectivity index (χ4v) is 2.77. The Morgan fingerprint density at radius 3 is 2.62 bits per heavy atom. The third-order valence-corrected chi connectivity index (χ3v) is 4.12. The molecule has 0 spiro atoms. The summed E-state index contributed by atoms with van der Waals surface area (Å²) >= 11 is 1.36. The van der Waals surface area contributed by atoms with Crippen molar-refractivity contribution in [2.75, 3.05) is 13.7 Å². The number of aromatic nitrogens is 2. The molecule has 7 nitrogen and oxygen atoms in total. The zero-order valence-electron chi connectivity index (χ0n) is 13.0. The molecule has 1 aromatic carbocycles. The number of nitrogens with one attached hydrogen (secondary N) is 1. The van der Waals surface area contributed by atoms with Gasteiger partial charge in [-0.25, -0.2) is 14.8 Å². The number of aliphatic hydroxyl groups excluding tert-OH is 1. The zero-order chi connectivity index (χ0) is 17.4. The number of benzene rings is 1. The Bertz CT molecular complexity index is 697. The number of hydrogen-bond donors (Lipinski definition) is 2. The molecule has 0 aliphatic carbocycles. The van der Waals surface area contributed by atoms with Crippen LogP contribution in [-0.4, -0.2) is 46.7 Å². The fourth-order valence-electron chi connectivity index (χ4n) is 1.86. The molecule has 2 N–H and O–H groups in total. The number of esters is 1. The van der Waals surface area contributed by atoms with Crippen molar-refractivity contribution < 1.29 is 19.4 Å². The highest BCUT2D eigenvalue weighted by Gasteiger charge is 2.23. The Balaban J connectivity index is 2.09. The Kier molecular flexibility index (Phi) is 6.71. The first-order chi connectivity index (χ1) is 11.7. The highest BCUT2D eigenvalue weighted by atomic mass is 32.2. The number of hydrogen-bond acceptors (Lipinski definition) is 7. The lowest BCUT2D eigenvalue weighted by atomic mass is 10.2. The summed E-state index contributed by atoms with van der Waals surface area (Å²) in [6, 6.07) is 8.60. The van der Waals surface area contributed by atoms with E-state index in [0.717, 1.165) is 5.56 Å². The number of aliphatic hydroxyl groups is 1. The molecule has 1 amide bonds. The van der Waals surface area contributed by atoms with Gasteiger partial charge in [0, 0.05) is 18.1 Å². The van der Waals surface area contributed by atoms with Crippen LogP contribution < -0.4 is 5.32 Å². The minimum absolute atomic E-state index is 0.0979. The molecule has 0 bridgehead atoms. The van der Waals surface area contributed by atoms with Gasteiger partial charge in [-0.15, -0.1) is 0 Å². The number of thioether (sulfide) groups is 1. The number of ether oxygens (including phenoxy) is 1. The van der Waals surface area contributed by atoms with Gasteiger partial charge in [-0.3, -0.25) is 4.79 Å². The van der Waals surface area contributed by atoms with Crippen LogP contribution in [0.5, 0.6) is 0 Å². The molecule has 8 heteroatoms. The summed E-state index contributed by atoms with van der Waals surface area (Å²) in [4.78, 5) is 32.0. The first-order valence-electron chi connectivity index (χ1n) is 7.13.